The van der Waals surface area contributed by atoms with Crippen LogP contribution in [0.1, 0.15) is 11.1 Å². The van der Waals surface area contributed by atoms with Crippen molar-refractivity contribution in [3.05, 3.63) is 39.9 Å². The second-order valence-electron chi connectivity index (χ2n) is 3.68. The molecule has 0 atom stereocenters. The fraction of sp³-hybridized carbons (Fsp3) is 0.182. The van der Waals surface area contributed by atoms with Crippen molar-refractivity contribution in [3.63, 3.8) is 0 Å². The molecule has 1 aliphatic rings. The van der Waals surface area contributed by atoms with E-state index in [0.29, 0.717) is 5.82 Å². The Morgan fingerprint density at radius 1 is 0.875 bits per heavy atom. The molecule has 0 aliphatic heterocycles. The number of hydrogen-bond donors (Lipinski definition) is 0. The maximum atomic E-state index is 5.74. The van der Waals surface area contributed by atoms with Crippen molar-refractivity contribution in [1.29, 1.82) is 0 Å². The molecule has 16 heavy (non-hydrogen) atoms. The molecule has 0 N–H and O–H groups in total. The van der Waals surface area contributed by atoms with E-state index in [-0.39, 0.29) is 10.6 Å². The van der Waals surface area contributed by atoms with Crippen molar-refractivity contribution < 1.29 is 0 Å². The van der Waals surface area contributed by atoms with Gasteiger partial charge in [0.05, 0.1) is 0 Å². The fourth-order valence-corrected chi connectivity index (χ4v) is 2.15. The van der Waals surface area contributed by atoms with Crippen LogP contribution in [-0.2, 0) is 12.8 Å². The molecule has 1 heterocycles. The molecular formula is C11H7Cl2N3. The highest BCUT2D eigenvalue weighted by molar-refractivity contribution is 6.31. The van der Waals surface area contributed by atoms with Crippen LogP contribution in [0.15, 0.2) is 18.2 Å². The molecular weight excluding hydrogens is 245 g/mol. The molecule has 0 radical (unpaired) electrons. The zero-order chi connectivity index (χ0) is 11.1. The van der Waals surface area contributed by atoms with Crippen molar-refractivity contribution in [1.82, 2.24) is 15.0 Å². The van der Waals surface area contributed by atoms with E-state index >= 15 is 0 Å². The van der Waals surface area contributed by atoms with Crippen LogP contribution in [0.3, 0.4) is 0 Å². The molecule has 1 aliphatic carbocycles. The van der Waals surface area contributed by atoms with Crippen LogP contribution in [0, 0.1) is 0 Å². The topological polar surface area (TPSA) is 38.7 Å². The molecule has 3 nitrogen and oxygen atoms in total. The summed E-state index contributed by atoms with van der Waals surface area (Å²) in [4.78, 5) is 11.8. The van der Waals surface area contributed by atoms with Gasteiger partial charge in [0.2, 0.25) is 10.6 Å². The Kier molecular flexibility index (Phi) is 2.30. The number of fused-ring (bicyclic) bond motifs is 1. The Balaban J connectivity index is 2.10. The molecule has 0 saturated carbocycles. The molecule has 0 bridgehead atoms. The summed E-state index contributed by atoms with van der Waals surface area (Å²) in [5.41, 5.74) is 3.69. The predicted molar refractivity (Wildman–Crippen MR) is 62.7 cm³/mol. The number of rotatable bonds is 1. The number of benzene rings is 1. The van der Waals surface area contributed by atoms with Gasteiger partial charge in [-0.15, -0.1) is 0 Å². The molecule has 0 amide bonds. The monoisotopic (exact) mass is 251 g/mol. The van der Waals surface area contributed by atoms with Gasteiger partial charge in [0.1, 0.15) is 0 Å². The van der Waals surface area contributed by atoms with Crippen LogP contribution in [0.5, 0.6) is 0 Å². The van der Waals surface area contributed by atoms with E-state index in [0.717, 1.165) is 18.4 Å². The standard InChI is InChI=1S/C11H7Cl2N3/c12-10-14-9(15-11(13)16-10)8-4-2-6-1-3-7(6)5-8/h2,4-5H,1,3H2. The summed E-state index contributed by atoms with van der Waals surface area (Å²) in [6.45, 7) is 0. The van der Waals surface area contributed by atoms with E-state index in [9.17, 15) is 0 Å². The average molecular weight is 252 g/mol. The third-order valence-corrected chi connectivity index (χ3v) is 3.05. The lowest BCUT2D eigenvalue weighted by Gasteiger charge is -2.18. The SMILES string of the molecule is Clc1nc(Cl)nc(-c2ccc3c(c2)CC3)n1. The quantitative estimate of drug-likeness (QED) is 0.783. The maximum Gasteiger partial charge on any atom is 0.227 e. The van der Waals surface area contributed by atoms with E-state index < -0.39 is 0 Å². The minimum atomic E-state index is 0.123. The van der Waals surface area contributed by atoms with Gasteiger partial charge in [-0.2, -0.15) is 15.0 Å². The Morgan fingerprint density at radius 2 is 1.56 bits per heavy atom. The van der Waals surface area contributed by atoms with Gasteiger partial charge in [-0.05, 0) is 53.2 Å². The lowest BCUT2D eigenvalue weighted by molar-refractivity contribution is 0.839. The van der Waals surface area contributed by atoms with E-state index in [2.05, 4.69) is 27.1 Å². The summed E-state index contributed by atoms with van der Waals surface area (Å²) in [6.07, 6.45) is 2.28. The first-order valence-corrected chi connectivity index (χ1v) is 5.67. The Bertz CT molecular complexity index is 549. The molecule has 0 spiro atoms. The van der Waals surface area contributed by atoms with E-state index in [1.165, 1.54) is 11.1 Å². The first-order valence-electron chi connectivity index (χ1n) is 4.91. The number of hydrogen-bond acceptors (Lipinski definition) is 3. The van der Waals surface area contributed by atoms with Crippen molar-refractivity contribution >= 4 is 23.2 Å². The molecule has 80 valence electrons. The van der Waals surface area contributed by atoms with Crippen molar-refractivity contribution in [3.8, 4) is 11.4 Å². The van der Waals surface area contributed by atoms with Gasteiger partial charge < -0.3 is 0 Å². The summed E-state index contributed by atoms with van der Waals surface area (Å²) in [6, 6.07) is 6.17. The van der Waals surface area contributed by atoms with Crippen LogP contribution in [-0.4, -0.2) is 15.0 Å². The molecule has 5 heteroatoms. The van der Waals surface area contributed by atoms with Crippen LogP contribution in [0.4, 0.5) is 0 Å². The Morgan fingerprint density at radius 3 is 2.12 bits per heavy atom. The molecule has 2 aromatic rings. The fourth-order valence-electron chi connectivity index (χ4n) is 1.79. The zero-order valence-corrected chi connectivity index (χ0v) is 9.76. The maximum absolute atomic E-state index is 5.74. The number of aromatic nitrogens is 3. The van der Waals surface area contributed by atoms with Crippen LogP contribution >= 0.6 is 23.2 Å². The van der Waals surface area contributed by atoms with E-state index in [1.807, 2.05) is 6.07 Å². The largest absolute Gasteiger partial charge is 0.227 e. The summed E-state index contributed by atoms with van der Waals surface area (Å²) >= 11 is 11.5. The van der Waals surface area contributed by atoms with Crippen LogP contribution in [0.25, 0.3) is 11.4 Å². The molecule has 3 rings (SSSR count). The second kappa shape index (κ2) is 3.68. The Labute approximate surface area is 102 Å². The van der Waals surface area contributed by atoms with Crippen molar-refractivity contribution in [2.24, 2.45) is 0 Å². The second-order valence-corrected chi connectivity index (χ2v) is 4.36. The van der Waals surface area contributed by atoms with Gasteiger partial charge in [0.25, 0.3) is 0 Å². The van der Waals surface area contributed by atoms with Crippen LogP contribution < -0.4 is 0 Å². The smallest absolute Gasteiger partial charge is 0.198 e. The Hall–Kier alpha value is -1.19. The van der Waals surface area contributed by atoms with Gasteiger partial charge in [0.15, 0.2) is 5.82 Å². The van der Waals surface area contributed by atoms with Gasteiger partial charge >= 0.3 is 0 Å². The molecule has 1 aromatic carbocycles. The molecule has 0 unspecified atom stereocenters. The van der Waals surface area contributed by atoms with Gasteiger partial charge in [0, 0.05) is 5.56 Å². The minimum Gasteiger partial charge on any atom is -0.198 e. The van der Waals surface area contributed by atoms with Gasteiger partial charge in [-0.25, -0.2) is 0 Å². The molecule has 1 aromatic heterocycles. The lowest BCUT2D eigenvalue weighted by atomic mass is 9.87. The third-order valence-electron chi connectivity index (χ3n) is 2.71. The lowest BCUT2D eigenvalue weighted by Crippen LogP contribution is -2.08. The van der Waals surface area contributed by atoms with Gasteiger partial charge in [-0.1, -0.05) is 12.1 Å². The average Bonchev–Trinajstić information content (AvgIpc) is 2.18. The van der Waals surface area contributed by atoms with Crippen LogP contribution in [0.2, 0.25) is 10.6 Å². The molecule has 0 fully saturated rings. The summed E-state index contributed by atoms with van der Waals surface area (Å²) in [5.74, 6) is 0.528. The zero-order valence-electron chi connectivity index (χ0n) is 8.24. The van der Waals surface area contributed by atoms with Gasteiger partial charge in [-0.3, -0.25) is 0 Å². The minimum absolute atomic E-state index is 0.123. The predicted octanol–water partition coefficient (Wildman–Crippen LogP) is 2.94. The third kappa shape index (κ3) is 1.66. The number of nitrogens with zero attached hydrogens (tertiary/aromatic N) is 3. The normalized spacial score (nSPS) is 13.1. The first kappa shape index (κ1) is 10.00. The first-order chi connectivity index (χ1) is 7.72. The number of halogens is 2. The summed E-state index contributed by atoms with van der Waals surface area (Å²) in [7, 11) is 0. The highest BCUT2D eigenvalue weighted by atomic mass is 35.5. The molecule has 0 saturated heterocycles. The van der Waals surface area contributed by atoms with E-state index in [1.54, 1.807) is 0 Å². The summed E-state index contributed by atoms with van der Waals surface area (Å²) in [5, 5.41) is 0.246. The highest BCUT2D eigenvalue weighted by Gasteiger charge is 2.14. The highest BCUT2D eigenvalue weighted by Crippen LogP contribution is 2.27. The van der Waals surface area contributed by atoms with E-state index in [4.69, 9.17) is 23.2 Å². The number of aryl methyl sites for hydroxylation is 2. The summed E-state index contributed by atoms with van der Waals surface area (Å²) < 4.78 is 0. The van der Waals surface area contributed by atoms with Crippen molar-refractivity contribution in [2.45, 2.75) is 12.8 Å². The van der Waals surface area contributed by atoms with Crippen molar-refractivity contribution in [2.75, 3.05) is 0 Å².